The monoisotopic (exact) mass is 410 g/mol. The van der Waals surface area contributed by atoms with Gasteiger partial charge in [-0.15, -0.1) is 0 Å². The van der Waals surface area contributed by atoms with Crippen molar-refractivity contribution in [2.24, 2.45) is 0 Å². The first-order chi connectivity index (χ1) is 14.0. The molecule has 8 nitrogen and oxygen atoms in total. The molecule has 3 rings (SSSR count). The first-order valence-electron chi connectivity index (χ1n) is 9.06. The summed E-state index contributed by atoms with van der Waals surface area (Å²) in [6.45, 7) is 3.82. The summed E-state index contributed by atoms with van der Waals surface area (Å²) in [4.78, 5) is 33.2. The number of amides is 2. The summed E-state index contributed by atoms with van der Waals surface area (Å²) >= 11 is 1.48. The van der Waals surface area contributed by atoms with Crippen LogP contribution in [0.15, 0.2) is 41.6 Å². The Morgan fingerprint density at radius 1 is 1.07 bits per heavy atom. The predicted molar refractivity (Wildman–Crippen MR) is 111 cm³/mol. The second-order valence-electron chi connectivity index (χ2n) is 6.39. The topological polar surface area (TPSA) is 113 Å². The Morgan fingerprint density at radius 3 is 2.41 bits per heavy atom. The number of hydrogen-bond acceptors (Lipinski definition) is 6. The van der Waals surface area contributed by atoms with E-state index in [1.54, 1.807) is 6.07 Å². The number of aromatic amines is 1. The smallest absolute Gasteiger partial charge is 0.273 e. The molecule has 2 heterocycles. The van der Waals surface area contributed by atoms with Gasteiger partial charge in [0.05, 0.1) is 5.69 Å². The third kappa shape index (κ3) is 5.20. The molecule has 0 fully saturated rings. The quantitative estimate of drug-likeness (QED) is 0.327. The Morgan fingerprint density at radius 2 is 1.76 bits per heavy atom. The number of nitrogens with zero attached hydrogens (tertiary/aromatic N) is 3. The zero-order valence-electron chi connectivity index (χ0n) is 16.4. The van der Waals surface area contributed by atoms with E-state index in [-0.39, 0.29) is 18.0 Å². The highest BCUT2D eigenvalue weighted by Gasteiger charge is 2.13. The van der Waals surface area contributed by atoms with Crippen LogP contribution in [0.2, 0.25) is 0 Å². The van der Waals surface area contributed by atoms with E-state index < -0.39 is 5.91 Å². The number of hydrazine groups is 1. The third-order valence-electron chi connectivity index (χ3n) is 4.39. The van der Waals surface area contributed by atoms with Crippen LogP contribution in [-0.4, -0.2) is 38.2 Å². The van der Waals surface area contributed by atoms with E-state index in [1.807, 2.05) is 50.4 Å². The molecule has 2 amide bonds. The molecule has 29 heavy (non-hydrogen) atoms. The molecule has 3 aromatic rings. The van der Waals surface area contributed by atoms with Crippen molar-refractivity contribution in [1.82, 2.24) is 31.0 Å². The summed E-state index contributed by atoms with van der Waals surface area (Å²) in [7, 11) is 0. The van der Waals surface area contributed by atoms with Gasteiger partial charge in [0.15, 0.2) is 5.16 Å². The Balaban J connectivity index is 1.52. The van der Waals surface area contributed by atoms with Gasteiger partial charge in [-0.2, -0.15) is 5.10 Å². The van der Waals surface area contributed by atoms with Crippen LogP contribution in [0.4, 0.5) is 0 Å². The highest BCUT2D eigenvalue weighted by atomic mass is 32.2. The highest BCUT2D eigenvalue weighted by Crippen LogP contribution is 2.18. The summed E-state index contributed by atoms with van der Waals surface area (Å²) in [6, 6.07) is 11.1. The molecule has 150 valence electrons. The van der Waals surface area contributed by atoms with Gasteiger partial charge >= 0.3 is 0 Å². The van der Waals surface area contributed by atoms with E-state index in [9.17, 15) is 9.59 Å². The van der Waals surface area contributed by atoms with Crippen LogP contribution in [0.3, 0.4) is 0 Å². The van der Waals surface area contributed by atoms with Gasteiger partial charge in [-0.1, -0.05) is 42.1 Å². The molecule has 9 heteroatoms. The molecule has 0 aliphatic carbocycles. The maximum Gasteiger partial charge on any atom is 0.287 e. The van der Waals surface area contributed by atoms with E-state index >= 15 is 0 Å². The van der Waals surface area contributed by atoms with Crippen LogP contribution in [-0.2, 0) is 11.2 Å². The molecule has 0 saturated heterocycles. The molecule has 0 atom stereocenters. The summed E-state index contributed by atoms with van der Waals surface area (Å²) in [5.74, 6) is -0.762. The summed E-state index contributed by atoms with van der Waals surface area (Å²) < 4.78 is 0. The number of thioether (sulfide) groups is 1. The van der Waals surface area contributed by atoms with Crippen molar-refractivity contribution < 1.29 is 9.59 Å². The number of H-pyrrole nitrogens is 1. The van der Waals surface area contributed by atoms with Crippen molar-refractivity contribution >= 4 is 23.6 Å². The molecule has 0 saturated carbocycles. The van der Waals surface area contributed by atoms with Gasteiger partial charge in [0.25, 0.3) is 5.91 Å². The second kappa shape index (κ2) is 9.33. The summed E-state index contributed by atoms with van der Waals surface area (Å²) in [5, 5.41) is 7.53. The van der Waals surface area contributed by atoms with Crippen molar-refractivity contribution in [2.75, 3.05) is 6.26 Å². The average Bonchev–Trinajstić information content (AvgIpc) is 3.22. The molecular weight excluding hydrogens is 388 g/mol. The zero-order chi connectivity index (χ0) is 20.8. The lowest BCUT2D eigenvalue weighted by Crippen LogP contribution is -2.41. The van der Waals surface area contributed by atoms with Crippen LogP contribution in [0.1, 0.15) is 33.9 Å². The van der Waals surface area contributed by atoms with Gasteiger partial charge in [-0.3, -0.25) is 25.5 Å². The van der Waals surface area contributed by atoms with Crippen molar-refractivity contribution in [2.45, 2.75) is 31.8 Å². The predicted octanol–water partition coefficient (Wildman–Crippen LogP) is 2.60. The number of rotatable bonds is 6. The zero-order valence-corrected chi connectivity index (χ0v) is 17.3. The van der Waals surface area contributed by atoms with Crippen LogP contribution in [0.5, 0.6) is 0 Å². The van der Waals surface area contributed by atoms with E-state index in [0.29, 0.717) is 12.1 Å². The molecular formula is C20H22N6O2S. The van der Waals surface area contributed by atoms with Gasteiger partial charge in [0.1, 0.15) is 5.69 Å². The molecule has 0 unspecified atom stereocenters. The van der Waals surface area contributed by atoms with E-state index in [1.165, 1.54) is 11.8 Å². The largest absolute Gasteiger partial charge is 0.287 e. The number of benzene rings is 1. The average molecular weight is 411 g/mol. The maximum absolute atomic E-state index is 12.2. The van der Waals surface area contributed by atoms with Crippen molar-refractivity contribution in [3.05, 3.63) is 59.0 Å². The first-order valence-corrected chi connectivity index (χ1v) is 10.3. The van der Waals surface area contributed by atoms with Gasteiger partial charge < -0.3 is 0 Å². The van der Waals surface area contributed by atoms with Gasteiger partial charge in [-0.25, -0.2) is 9.97 Å². The van der Waals surface area contributed by atoms with Crippen molar-refractivity contribution in [3.8, 4) is 11.3 Å². The van der Waals surface area contributed by atoms with Gasteiger partial charge in [-0.05, 0) is 38.2 Å². The Bertz CT molecular complexity index is 996. The molecule has 2 aromatic heterocycles. The number of carbonyl (C=O) groups is 2. The third-order valence-corrected chi connectivity index (χ3v) is 4.94. The SMILES string of the molecule is CSc1nc(C)c(CCC(=O)NNC(=O)c2cc(-c3ccccc3)n[nH]2)c(C)n1. The number of nitrogens with one attached hydrogen (secondary N) is 3. The van der Waals surface area contributed by atoms with Crippen LogP contribution >= 0.6 is 11.8 Å². The van der Waals surface area contributed by atoms with Crippen LogP contribution in [0, 0.1) is 13.8 Å². The number of carbonyl (C=O) groups excluding carboxylic acids is 2. The van der Waals surface area contributed by atoms with E-state index in [4.69, 9.17) is 0 Å². The first kappa shape index (κ1) is 20.5. The molecule has 3 N–H and O–H groups in total. The molecule has 1 aromatic carbocycles. The number of aryl methyl sites for hydroxylation is 2. The van der Waals surface area contributed by atoms with Crippen molar-refractivity contribution in [1.29, 1.82) is 0 Å². The minimum atomic E-state index is -0.465. The molecule has 0 aliphatic rings. The van der Waals surface area contributed by atoms with E-state index in [2.05, 4.69) is 31.0 Å². The minimum absolute atomic E-state index is 0.210. The Hall–Kier alpha value is -3.20. The van der Waals surface area contributed by atoms with Gasteiger partial charge in [0.2, 0.25) is 5.91 Å². The van der Waals surface area contributed by atoms with Crippen LogP contribution in [0.25, 0.3) is 11.3 Å². The van der Waals surface area contributed by atoms with Crippen molar-refractivity contribution in [3.63, 3.8) is 0 Å². The molecule has 0 spiro atoms. The van der Waals surface area contributed by atoms with Gasteiger partial charge in [0, 0.05) is 23.4 Å². The lowest BCUT2D eigenvalue weighted by Gasteiger charge is -2.10. The fourth-order valence-electron chi connectivity index (χ4n) is 2.85. The Labute approximate surface area is 172 Å². The normalized spacial score (nSPS) is 10.6. The lowest BCUT2D eigenvalue weighted by molar-refractivity contribution is -0.121. The molecule has 0 bridgehead atoms. The lowest BCUT2D eigenvalue weighted by atomic mass is 10.1. The summed E-state index contributed by atoms with van der Waals surface area (Å²) in [6.07, 6.45) is 2.63. The molecule has 0 radical (unpaired) electrons. The minimum Gasteiger partial charge on any atom is -0.273 e. The highest BCUT2D eigenvalue weighted by molar-refractivity contribution is 7.98. The van der Waals surface area contributed by atoms with E-state index in [0.717, 1.165) is 27.7 Å². The number of aromatic nitrogens is 4. The maximum atomic E-state index is 12.2. The molecule has 0 aliphatic heterocycles. The standard InChI is InChI=1S/C20H22N6O2S/c1-12-15(13(2)22-20(21-12)29-3)9-10-18(27)25-26-19(28)17-11-16(23-24-17)14-7-5-4-6-8-14/h4-8,11H,9-10H2,1-3H3,(H,23,24)(H,25,27)(H,26,28). The number of hydrogen-bond donors (Lipinski definition) is 3. The fourth-order valence-corrected chi connectivity index (χ4v) is 3.31. The summed E-state index contributed by atoms with van der Waals surface area (Å²) in [5.41, 5.74) is 9.32. The van der Waals surface area contributed by atoms with Crippen LogP contribution < -0.4 is 10.9 Å². The second-order valence-corrected chi connectivity index (χ2v) is 7.17. The Kier molecular flexibility index (Phi) is 6.61. The fraction of sp³-hybridized carbons (Fsp3) is 0.250.